The molecule has 1 N–H and O–H groups in total. The summed E-state index contributed by atoms with van der Waals surface area (Å²) < 4.78 is 10.9. The number of hydrogen-bond acceptors (Lipinski definition) is 5. The summed E-state index contributed by atoms with van der Waals surface area (Å²) >= 11 is 0. The molecule has 5 nitrogen and oxygen atoms in total. The molecule has 0 atom stereocenters. The third-order valence-corrected chi connectivity index (χ3v) is 6.70. The number of rotatable bonds is 5. The number of aromatic nitrogens is 1. The highest BCUT2D eigenvalue weighted by Gasteiger charge is 2.37. The Hall–Kier alpha value is -2.63. The van der Waals surface area contributed by atoms with Crippen molar-refractivity contribution in [2.75, 3.05) is 20.2 Å². The van der Waals surface area contributed by atoms with Crippen LogP contribution in [-0.4, -0.2) is 47.0 Å². The van der Waals surface area contributed by atoms with Crippen LogP contribution in [0.2, 0.25) is 0 Å². The van der Waals surface area contributed by atoms with Gasteiger partial charge in [0.05, 0.1) is 12.7 Å². The van der Waals surface area contributed by atoms with Crippen molar-refractivity contribution in [3.8, 4) is 17.0 Å². The van der Waals surface area contributed by atoms with E-state index in [-0.39, 0.29) is 0 Å². The highest BCUT2D eigenvalue weighted by molar-refractivity contribution is 5.60. The summed E-state index contributed by atoms with van der Waals surface area (Å²) in [5.41, 5.74) is 3.96. The Morgan fingerprint density at radius 3 is 2.50 bits per heavy atom. The Balaban J connectivity index is 1.20. The van der Waals surface area contributed by atoms with Crippen LogP contribution < -0.4 is 4.74 Å². The summed E-state index contributed by atoms with van der Waals surface area (Å²) in [7, 11) is 1.65. The summed E-state index contributed by atoms with van der Waals surface area (Å²) in [4.78, 5) is 2.55. The summed E-state index contributed by atoms with van der Waals surface area (Å²) in [6.45, 7) is 1.85. The molecule has 1 aromatic heterocycles. The van der Waals surface area contributed by atoms with E-state index in [4.69, 9.17) is 9.26 Å². The first kappa shape index (κ1) is 19.3. The van der Waals surface area contributed by atoms with Crippen LogP contribution in [0, 0.1) is 0 Å². The molecule has 5 rings (SSSR count). The van der Waals surface area contributed by atoms with Crippen molar-refractivity contribution in [1.82, 2.24) is 10.1 Å². The van der Waals surface area contributed by atoms with Crippen molar-refractivity contribution in [3.05, 3.63) is 71.5 Å². The van der Waals surface area contributed by atoms with E-state index in [2.05, 4.69) is 34.3 Å². The minimum absolute atomic E-state index is 0.503. The Labute approximate surface area is 177 Å². The standard InChI is InChI=1S/C25H28N2O3/c1-29-22-8-4-7-20(15-22)24-16-23(30-26-24)17-25(28)9-11-27(12-10-25)21-13-18-5-2-3-6-19(18)14-21/h2-8,15-16,21,28H,9-14,17H2,1H3. The fourth-order valence-corrected chi connectivity index (χ4v) is 4.92. The van der Waals surface area contributed by atoms with Gasteiger partial charge in [0.2, 0.25) is 0 Å². The van der Waals surface area contributed by atoms with Crippen molar-refractivity contribution < 1.29 is 14.4 Å². The van der Waals surface area contributed by atoms with E-state index < -0.39 is 5.60 Å². The zero-order valence-corrected chi connectivity index (χ0v) is 17.4. The summed E-state index contributed by atoms with van der Waals surface area (Å²) in [6.07, 6.45) is 4.27. The maximum absolute atomic E-state index is 11.2. The number of methoxy groups -OCH3 is 1. The molecule has 2 aliphatic rings. The molecular weight excluding hydrogens is 376 g/mol. The smallest absolute Gasteiger partial charge is 0.140 e. The Morgan fingerprint density at radius 2 is 1.80 bits per heavy atom. The van der Waals surface area contributed by atoms with Crippen LogP contribution in [0.25, 0.3) is 11.3 Å². The molecule has 2 aromatic carbocycles. The van der Waals surface area contributed by atoms with Crippen molar-refractivity contribution >= 4 is 0 Å². The highest BCUT2D eigenvalue weighted by atomic mass is 16.5. The number of piperidine rings is 1. The van der Waals surface area contributed by atoms with E-state index in [9.17, 15) is 5.11 Å². The lowest BCUT2D eigenvalue weighted by Crippen LogP contribution is -2.49. The molecule has 1 aliphatic carbocycles. The van der Waals surface area contributed by atoms with Gasteiger partial charge in [-0.3, -0.25) is 4.90 Å². The normalized spacial score (nSPS) is 19.0. The molecule has 1 aliphatic heterocycles. The van der Waals surface area contributed by atoms with Crippen LogP contribution in [0.3, 0.4) is 0 Å². The Kier molecular flexibility index (Phi) is 5.09. The van der Waals surface area contributed by atoms with E-state index in [1.54, 1.807) is 7.11 Å². The SMILES string of the molecule is COc1cccc(-c2cc(CC3(O)CCN(C4Cc5ccccc5C4)CC3)on2)c1. The second kappa shape index (κ2) is 7.89. The molecule has 0 saturated carbocycles. The third kappa shape index (κ3) is 3.87. The van der Waals surface area contributed by atoms with Gasteiger partial charge in [0.25, 0.3) is 0 Å². The first-order chi connectivity index (χ1) is 14.6. The van der Waals surface area contributed by atoms with E-state index >= 15 is 0 Å². The molecule has 2 heterocycles. The van der Waals surface area contributed by atoms with Gasteiger partial charge in [0.15, 0.2) is 0 Å². The predicted octanol–water partition coefficient (Wildman–Crippen LogP) is 3.89. The topological polar surface area (TPSA) is 58.7 Å². The fraction of sp³-hybridized carbons (Fsp3) is 0.400. The number of aliphatic hydroxyl groups is 1. The average Bonchev–Trinajstić information content (AvgIpc) is 3.41. The summed E-state index contributed by atoms with van der Waals surface area (Å²) in [5, 5.41) is 15.4. The van der Waals surface area contributed by atoms with E-state index in [0.29, 0.717) is 12.5 Å². The summed E-state index contributed by atoms with van der Waals surface area (Å²) in [6, 6.07) is 19.0. The van der Waals surface area contributed by atoms with Gasteiger partial charge in [-0.2, -0.15) is 0 Å². The molecule has 30 heavy (non-hydrogen) atoms. The minimum atomic E-state index is -0.729. The van der Waals surface area contributed by atoms with Gasteiger partial charge in [0.1, 0.15) is 17.2 Å². The quantitative estimate of drug-likeness (QED) is 0.699. The fourth-order valence-electron chi connectivity index (χ4n) is 4.92. The first-order valence-electron chi connectivity index (χ1n) is 10.8. The number of hydrogen-bond donors (Lipinski definition) is 1. The van der Waals surface area contributed by atoms with Crippen LogP contribution in [0.1, 0.15) is 29.7 Å². The molecule has 0 spiro atoms. The molecule has 1 saturated heterocycles. The van der Waals surface area contributed by atoms with Gasteiger partial charge < -0.3 is 14.4 Å². The van der Waals surface area contributed by atoms with Crippen LogP contribution in [-0.2, 0) is 19.3 Å². The Bertz CT molecular complexity index is 995. The van der Waals surface area contributed by atoms with E-state index in [1.807, 2.05) is 30.3 Å². The van der Waals surface area contributed by atoms with Crippen LogP contribution in [0.15, 0.2) is 59.1 Å². The van der Waals surface area contributed by atoms with Gasteiger partial charge in [0, 0.05) is 37.2 Å². The van der Waals surface area contributed by atoms with Crippen LogP contribution >= 0.6 is 0 Å². The van der Waals surface area contributed by atoms with Gasteiger partial charge in [-0.15, -0.1) is 0 Å². The molecule has 0 bridgehead atoms. The summed E-state index contributed by atoms with van der Waals surface area (Å²) in [5.74, 6) is 1.52. The lowest BCUT2D eigenvalue weighted by molar-refractivity contribution is -0.0332. The van der Waals surface area contributed by atoms with Gasteiger partial charge in [-0.1, -0.05) is 41.6 Å². The number of nitrogens with zero attached hydrogens (tertiary/aromatic N) is 2. The number of benzene rings is 2. The molecular formula is C25H28N2O3. The maximum Gasteiger partial charge on any atom is 0.140 e. The number of fused-ring (bicyclic) bond motifs is 1. The van der Waals surface area contributed by atoms with Gasteiger partial charge >= 0.3 is 0 Å². The molecule has 3 aromatic rings. The molecule has 0 radical (unpaired) electrons. The molecule has 0 amide bonds. The minimum Gasteiger partial charge on any atom is -0.497 e. The van der Waals surface area contributed by atoms with E-state index in [1.165, 1.54) is 11.1 Å². The predicted molar refractivity (Wildman–Crippen MR) is 116 cm³/mol. The second-order valence-corrected chi connectivity index (χ2v) is 8.68. The maximum atomic E-state index is 11.2. The van der Waals surface area contributed by atoms with E-state index in [0.717, 1.165) is 61.5 Å². The monoisotopic (exact) mass is 404 g/mol. The lowest BCUT2D eigenvalue weighted by Gasteiger charge is -2.40. The van der Waals surface area contributed by atoms with Gasteiger partial charge in [-0.25, -0.2) is 0 Å². The van der Waals surface area contributed by atoms with Crippen LogP contribution in [0.4, 0.5) is 0 Å². The van der Waals surface area contributed by atoms with Crippen molar-refractivity contribution in [2.24, 2.45) is 0 Å². The second-order valence-electron chi connectivity index (χ2n) is 8.68. The van der Waals surface area contributed by atoms with Gasteiger partial charge in [-0.05, 0) is 48.9 Å². The third-order valence-electron chi connectivity index (χ3n) is 6.70. The molecule has 0 unspecified atom stereocenters. The molecule has 156 valence electrons. The van der Waals surface area contributed by atoms with Crippen molar-refractivity contribution in [1.29, 1.82) is 0 Å². The van der Waals surface area contributed by atoms with Crippen molar-refractivity contribution in [3.63, 3.8) is 0 Å². The Morgan fingerprint density at radius 1 is 1.07 bits per heavy atom. The number of ether oxygens (including phenoxy) is 1. The van der Waals surface area contributed by atoms with Crippen molar-refractivity contribution in [2.45, 2.75) is 43.7 Å². The highest BCUT2D eigenvalue weighted by Crippen LogP contribution is 2.33. The van der Waals surface area contributed by atoms with Crippen LogP contribution in [0.5, 0.6) is 5.75 Å². The lowest BCUT2D eigenvalue weighted by atomic mass is 9.86. The average molecular weight is 405 g/mol. The number of likely N-dealkylation sites (tertiary alicyclic amines) is 1. The zero-order valence-electron chi connectivity index (χ0n) is 17.4. The zero-order chi connectivity index (χ0) is 20.6. The first-order valence-corrected chi connectivity index (χ1v) is 10.8. The largest absolute Gasteiger partial charge is 0.497 e. The molecule has 1 fully saturated rings. The molecule has 5 heteroatoms.